The minimum absolute atomic E-state index is 0.112. The van der Waals surface area contributed by atoms with Gasteiger partial charge in [-0.05, 0) is 190 Å². The number of hydrogen-bond donors (Lipinski definition) is 0. The van der Waals surface area contributed by atoms with E-state index in [1.54, 1.807) is 0 Å². The topological polar surface area (TPSA) is 28.3 Å². The van der Waals surface area contributed by atoms with E-state index in [9.17, 15) is 0 Å². The lowest BCUT2D eigenvalue weighted by Crippen LogP contribution is -2.63. The minimum Gasteiger partial charge on any atom is -0.456 e. The molecule has 4 fully saturated rings. The molecule has 0 N–H and O–H groups in total. The van der Waals surface area contributed by atoms with Crippen LogP contribution in [0.25, 0.3) is 77.2 Å². The highest BCUT2D eigenvalue weighted by Gasteiger charge is 2.51. The van der Waals surface area contributed by atoms with E-state index in [0.717, 1.165) is 34.4 Å². The molecule has 0 radical (unpaired) electrons. The first-order valence-electron chi connectivity index (χ1n) is 32.9. The smallest absolute Gasteiger partial charge is 0.256 e. The molecular weight excluding hydrogens is 1020 g/mol. The number of aromatic nitrogens is 2. The quantitative estimate of drug-likeness (QED) is 0.155. The van der Waals surface area contributed by atoms with Gasteiger partial charge in [0.25, 0.3) is 13.4 Å². The lowest BCUT2D eigenvalue weighted by Gasteiger charge is -2.41. The molecule has 0 atom stereocenters. The lowest BCUT2D eigenvalue weighted by molar-refractivity contribution is 0.444. The molecule has 2 aromatic heterocycles. The molecule has 0 amide bonds. The minimum atomic E-state index is -0.112. The van der Waals surface area contributed by atoms with Crippen LogP contribution in [-0.2, 0) is 0 Å². The summed E-state index contributed by atoms with van der Waals surface area (Å²) in [6.07, 6.45) is 26.0. The molecule has 0 unspecified atom stereocenters. The van der Waals surface area contributed by atoms with Crippen LogP contribution in [-0.4, -0.2) is 22.6 Å². The third-order valence-corrected chi connectivity index (χ3v) is 22.5. The van der Waals surface area contributed by atoms with Gasteiger partial charge in [-0.3, -0.25) is 0 Å². The highest BCUT2D eigenvalue weighted by atomic mass is 16.5. The Hall–Kier alpha value is -7.69. The normalized spacial score (nSPS) is 18.4. The monoisotopic (exact) mass is 1090 g/mol. The van der Waals surface area contributed by atoms with Gasteiger partial charge in [0.05, 0.1) is 22.4 Å². The van der Waals surface area contributed by atoms with Crippen molar-refractivity contribution in [3.05, 3.63) is 180 Å². The van der Waals surface area contributed by atoms with Crippen LogP contribution in [0.5, 0.6) is 23.0 Å². The summed E-state index contributed by atoms with van der Waals surface area (Å²) in [4.78, 5) is 0. The van der Waals surface area contributed by atoms with Gasteiger partial charge < -0.3 is 18.6 Å². The van der Waals surface area contributed by atoms with Crippen LogP contribution >= 0.6 is 0 Å². The predicted molar refractivity (Wildman–Crippen MR) is 352 cm³/mol. The summed E-state index contributed by atoms with van der Waals surface area (Å²) in [5.41, 5.74) is 26.3. The molecule has 410 valence electrons. The average Bonchev–Trinajstić information content (AvgIpc) is 1.32. The van der Waals surface area contributed by atoms with Gasteiger partial charge in [-0.25, -0.2) is 0 Å². The molecule has 9 aromatic carbocycles. The zero-order chi connectivity index (χ0) is 54.7. The van der Waals surface area contributed by atoms with Gasteiger partial charge in [-0.1, -0.05) is 186 Å². The van der Waals surface area contributed by atoms with E-state index in [-0.39, 0.29) is 13.4 Å². The Morgan fingerprint density at radius 2 is 0.679 bits per heavy atom. The van der Waals surface area contributed by atoms with E-state index in [0.29, 0.717) is 23.7 Å². The van der Waals surface area contributed by atoms with Gasteiger partial charge in [-0.2, -0.15) is 0 Å². The second-order valence-corrected chi connectivity index (χ2v) is 27.1. The van der Waals surface area contributed by atoms with Crippen LogP contribution in [0.2, 0.25) is 0 Å². The maximum Gasteiger partial charge on any atom is 0.256 e. The van der Waals surface area contributed by atoms with Crippen molar-refractivity contribution in [1.29, 1.82) is 0 Å². The zero-order valence-electron chi connectivity index (χ0n) is 48.3. The van der Waals surface area contributed by atoms with Crippen molar-refractivity contribution in [2.24, 2.45) is 0 Å². The van der Waals surface area contributed by atoms with Gasteiger partial charge in [0.2, 0.25) is 0 Å². The zero-order valence-corrected chi connectivity index (χ0v) is 48.3. The third-order valence-electron chi connectivity index (χ3n) is 22.5. The van der Waals surface area contributed by atoms with E-state index in [4.69, 9.17) is 9.47 Å². The Bertz CT molecular complexity index is 4260. The summed E-state index contributed by atoms with van der Waals surface area (Å²) >= 11 is 0. The van der Waals surface area contributed by atoms with Gasteiger partial charge >= 0.3 is 0 Å². The first-order valence-corrected chi connectivity index (χ1v) is 32.9. The van der Waals surface area contributed by atoms with Crippen LogP contribution < -0.4 is 42.3 Å². The number of hydrogen-bond acceptors (Lipinski definition) is 2. The van der Waals surface area contributed by atoms with E-state index in [2.05, 4.69) is 167 Å². The molecule has 4 saturated carbocycles. The largest absolute Gasteiger partial charge is 0.456 e. The molecule has 0 spiro atoms. The number of fused-ring (bicyclic) bond motifs is 16. The first kappa shape index (κ1) is 48.7. The van der Waals surface area contributed by atoms with Crippen molar-refractivity contribution in [3.8, 4) is 56.6 Å². The Balaban J connectivity index is 0.971. The predicted octanol–water partition coefficient (Wildman–Crippen LogP) is 17.3. The van der Waals surface area contributed by atoms with Crippen molar-refractivity contribution in [3.63, 3.8) is 0 Å². The molecule has 4 aliphatic heterocycles. The van der Waals surface area contributed by atoms with Crippen LogP contribution in [0.3, 0.4) is 0 Å². The summed E-state index contributed by atoms with van der Waals surface area (Å²) in [6.45, 7) is -0.224. The molecule has 6 heterocycles. The Morgan fingerprint density at radius 3 is 1.07 bits per heavy atom. The standard InChI is InChI=1S/C78H70B2N2O2/c1-7-19-47(20-8-1)53-31-35-67-59(39-53)61-41-57(51-27-15-5-16-28-51)45-65-73(61)81(67)75-71-78(84-69-37-33-55(43-63(69)79(65)71)49-23-11-3-12-24-49)76-72-77(75)83-70-38-34-56(50-25-13-4-14-26-50)44-64(70)80(72)66-46-58(52-29-17-6-18-30-52)42-62-60-40-54(48-21-9-2-10-22-48)32-36-68(60)82(76)74(62)66/h3-4,11-14,23-26,31-48,51-52H,1-2,5-10,15-22,27-30H2. The van der Waals surface area contributed by atoms with Crippen LogP contribution in [0, 0.1) is 0 Å². The third kappa shape index (κ3) is 7.15. The van der Waals surface area contributed by atoms with Crippen molar-refractivity contribution in [2.45, 2.75) is 152 Å². The van der Waals surface area contributed by atoms with Gasteiger partial charge in [0.15, 0.2) is 0 Å². The van der Waals surface area contributed by atoms with Gasteiger partial charge in [0, 0.05) is 43.5 Å². The molecular formula is C78H70B2N2O2. The van der Waals surface area contributed by atoms with Crippen LogP contribution in [0.15, 0.2) is 158 Å². The molecule has 0 bridgehead atoms. The summed E-state index contributed by atoms with van der Waals surface area (Å²) in [5.74, 6) is 6.16. The van der Waals surface area contributed by atoms with E-state index in [1.165, 1.54) is 249 Å². The highest BCUT2D eigenvalue weighted by Crippen LogP contribution is 2.51. The fourth-order valence-corrected chi connectivity index (χ4v) is 18.5. The molecule has 84 heavy (non-hydrogen) atoms. The Labute approximate surface area is 494 Å². The molecule has 11 aromatic rings. The molecule has 19 rings (SSSR count). The van der Waals surface area contributed by atoms with Crippen molar-refractivity contribution in [1.82, 2.24) is 9.13 Å². The van der Waals surface area contributed by atoms with E-state index in [1.807, 2.05) is 0 Å². The summed E-state index contributed by atoms with van der Waals surface area (Å²) in [7, 11) is 0. The molecule has 8 aliphatic rings. The molecule has 4 nitrogen and oxygen atoms in total. The second-order valence-electron chi connectivity index (χ2n) is 27.1. The molecule has 6 heteroatoms. The van der Waals surface area contributed by atoms with E-state index < -0.39 is 0 Å². The second kappa shape index (κ2) is 18.9. The molecule has 4 aliphatic carbocycles. The average molecular weight is 1090 g/mol. The number of benzene rings is 9. The fourth-order valence-electron chi connectivity index (χ4n) is 18.5. The SMILES string of the molecule is c1ccc(-c2ccc3c(c2)B2c4c(c5c6c(c4-n4c7ccc(C8CCCCC8)cc7c7cc(C8CCCCC8)cc2c74)Oc2ccc(-c4ccccc4)cc2B6c2cc(C4CCCCC4)cc4c6cc(C7CCCCC7)ccc6n-5c24)O3)cc1. The Morgan fingerprint density at radius 1 is 0.310 bits per heavy atom. The molecule has 0 saturated heterocycles. The van der Waals surface area contributed by atoms with Crippen molar-refractivity contribution >= 4 is 89.8 Å². The maximum atomic E-state index is 8.02. The summed E-state index contributed by atoms with van der Waals surface area (Å²) < 4.78 is 21.5. The number of rotatable bonds is 6. The number of nitrogens with zero attached hydrogens (tertiary/aromatic N) is 2. The summed E-state index contributed by atoms with van der Waals surface area (Å²) in [6, 6.07) is 62.4. The summed E-state index contributed by atoms with van der Waals surface area (Å²) in [5, 5.41) is 5.58. The van der Waals surface area contributed by atoms with Crippen LogP contribution in [0.1, 0.15) is 174 Å². The van der Waals surface area contributed by atoms with Crippen molar-refractivity contribution in [2.75, 3.05) is 0 Å². The fraction of sp³-hybridized carbons (Fsp3) is 0.308. The lowest BCUT2D eigenvalue weighted by atomic mass is 9.31. The van der Waals surface area contributed by atoms with E-state index >= 15 is 0 Å². The first-order chi connectivity index (χ1) is 41.7. The highest BCUT2D eigenvalue weighted by molar-refractivity contribution is 7.02. The van der Waals surface area contributed by atoms with Gasteiger partial charge in [-0.15, -0.1) is 0 Å². The van der Waals surface area contributed by atoms with Crippen LogP contribution in [0.4, 0.5) is 0 Å². The van der Waals surface area contributed by atoms with Gasteiger partial charge in [0.1, 0.15) is 23.0 Å². The Kier molecular flexibility index (Phi) is 11.0. The van der Waals surface area contributed by atoms with Crippen molar-refractivity contribution < 1.29 is 9.47 Å². The number of ether oxygens (including phenoxy) is 2. The maximum absolute atomic E-state index is 8.02.